The zero-order chi connectivity index (χ0) is 4.83. The van der Waals surface area contributed by atoms with Crippen molar-refractivity contribution in [2.75, 3.05) is 0 Å². The SMILES string of the molecule is C=CCCC=C.O. The van der Waals surface area contributed by atoms with E-state index in [2.05, 4.69) is 13.2 Å². The fourth-order valence-corrected chi connectivity index (χ4v) is 0.236. The van der Waals surface area contributed by atoms with Crippen molar-refractivity contribution in [3.8, 4) is 0 Å². The van der Waals surface area contributed by atoms with E-state index in [0.29, 0.717) is 0 Å². The molecule has 0 heterocycles. The molecule has 0 aromatic rings. The Hall–Kier alpha value is -0.560. The van der Waals surface area contributed by atoms with Gasteiger partial charge in [-0.15, -0.1) is 13.2 Å². The molecule has 0 aromatic heterocycles. The van der Waals surface area contributed by atoms with Crippen molar-refractivity contribution in [3.05, 3.63) is 25.3 Å². The van der Waals surface area contributed by atoms with Crippen LogP contribution in [0.15, 0.2) is 25.3 Å². The van der Waals surface area contributed by atoms with Gasteiger partial charge in [-0.1, -0.05) is 12.2 Å². The number of unbranched alkanes of at least 4 members (excludes halogenated alkanes) is 1. The van der Waals surface area contributed by atoms with Crippen LogP contribution in [0.25, 0.3) is 0 Å². The monoisotopic (exact) mass is 100 g/mol. The van der Waals surface area contributed by atoms with Gasteiger partial charge in [-0.25, -0.2) is 0 Å². The lowest BCUT2D eigenvalue weighted by Gasteiger charge is -1.76. The summed E-state index contributed by atoms with van der Waals surface area (Å²) in [5, 5.41) is 0. The minimum atomic E-state index is 0. The average molecular weight is 100 g/mol. The van der Waals surface area contributed by atoms with Crippen molar-refractivity contribution in [2.45, 2.75) is 12.8 Å². The predicted molar refractivity (Wildman–Crippen MR) is 33.2 cm³/mol. The quantitative estimate of drug-likeness (QED) is 0.378. The van der Waals surface area contributed by atoms with Gasteiger partial charge in [0.15, 0.2) is 0 Å². The highest BCUT2D eigenvalue weighted by Gasteiger charge is 1.66. The predicted octanol–water partition coefficient (Wildman–Crippen LogP) is 1.31. The lowest BCUT2D eigenvalue weighted by molar-refractivity contribution is 0.824. The maximum absolute atomic E-state index is 3.55. The van der Waals surface area contributed by atoms with Gasteiger partial charge in [0.2, 0.25) is 0 Å². The molecule has 0 spiro atoms. The molecular formula is C6H12O. The Morgan fingerprint density at radius 3 is 1.43 bits per heavy atom. The highest BCUT2D eigenvalue weighted by atomic mass is 16.0. The van der Waals surface area contributed by atoms with Crippen LogP contribution >= 0.6 is 0 Å². The molecule has 0 saturated carbocycles. The molecule has 0 atom stereocenters. The molecule has 0 saturated heterocycles. The van der Waals surface area contributed by atoms with Gasteiger partial charge in [-0.2, -0.15) is 0 Å². The van der Waals surface area contributed by atoms with Crippen LogP contribution in [0.3, 0.4) is 0 Å². The highest BCUT2D eigenvalue weighted by Crippen LogP contribution is 1.86. The van der Waals surface area contributed by atoms with E-state index in [4.69, 9.17) is 0 Å². The van der Waals surface area contributed by atoms with E-state index in [1.807, 2.05) is 12.2 Å². The molecule has 0 rings (SSSR count). The molecule has 0 aromatic carbocycles. The van der Waals surface area contributed by atoms with Crippen molar-refractivity contribution < 1.29 is 5.48 Å². The van der Waals surface area contributed by atoms with Gasteiger partial charge >= 0.3 is 0 Å². The van der Waals surface area contributed by atoms with Crippen LogP contribution in [0.1, 0.15) is 12.8 Å². The molecule has 1 nitrogen and oxygen atoms in total. The normalized spacial score (nSPS) is 6.29. The lowest BCUT2D eigenvalue weighted by atomic mass is 10.3. The molecule has 0 fully saturated rings. The average Bonchev–Trinajstić information content (AvgIpc) is 1.61. The molecule has 0 aliphatic heterocycles. The maximum Gasteiger partial charge on any atom is -0.0319 e. The molecule has 1 heteroatoms. The van der Waals surface area contributed by atoms with Crippen LogP contribution in [0.4, 0.5) is 0 Å². The molecule has 0 radical (unpaired) electrons. The smallest absolute Gasteiger partial charge is 0.0319 e. The number of allylic oxidation sites excluding steroid dienone is 2. The highest BCUT2D eigenvalue weighted by molar-refractivity contribution is 4.74. The zero-order valence-corrected chi connectivity index (χ0v) is 4.48. The number of hydrogen-bond acceptors (Lipinski definition) is 0. The largest absolute Gasteiger partial charge is 0.412 e. The first-order valence-electron chi connectivity index (χ1n) is 2.13. The van der Waals surface area contributed by atoms with Gasteiger partial charge in [0.25, 0.3) is 0 Å². The minimum Gasteiger partial charge on any atom is -0.412 e. The number of hydrogen-bond donors (Lipinski definition) is 0. The van der Waals surface area contributed by atoms with E-state index >= 15 is 0 Å². The fraction of sp³-hybridized carbons (Fsp3) is 0.333. The maximum atomic E-state index is 3.55. The summed E-state index contributed by atoms with van der Waals surface area (Å²) in [6, 6.07) is 0. The van der Waals surface area contributed by atoms with Gasteiger partial charge in [0.1, 0.15) is 0 Å². The summed E-state index contributed by atoms with van der Waals surface area (Å²) in [4.78, 5) is 0. The first-order valence-corrected chi connectivity index (χ1v) is 2.13. The van der Waals surface area contributed by atoms with Crippen LogP contribution in [0, 0.1) is 0 Å². The van der Waals surface area contributed by atoms with E-state index in [0.717, 1.165) is 12.8 Å². The van der Waals surface area contributed by atoms with E-state index in [-0.39, 0.29) is 5.48 Å². The Morgan fingerprint density at radius 1 is 1.00 bits per heavy atom. The van der Waals surface area contributed by atoms with Crippen LogP contribution < -0.4 is 0 Å². The third-order valence-corrected chi connectivity index (χ3v) is 0.575. The first kappa shape index (κ1) is 9.67. The lowest BCUT2D eigenvalue weighted by Crippen LogP contribution is -1.56. The van der Waals surface area contributed by atoms with E-state index in [9.17, 15) is 0 Å². The molecular weight excluding hydrogens is 88.1 g/mol. The Labute approximate surface area is 44.7 Å². The van der Waals surface area contributed by atoms with Crippen LogP contribution in [-0.2, 0) is 0 Å². The van der Waals surface area contributed by atoms with Gasteiger partial charge < -0.3 is 5.48 Å². The van der Waals surface area contributed by atoms with Crippen molar-refractivity contribution in [1.82, 2.24) is 0 Å². The van der Waals surface area contributed by atoms with Gasteiger partial charge in [0.05, 0.1) is 0 Å². The van der Waals surface area contributed by atoms with Crippen molar-refractivity contribution in [2.24, 2.45) is 0 Å². The molecule has 2 N–H and O–H groups in total. The second-order valence-electron chi connectivity index (χ2n) is 1.15. The molecule has 0 aliphatic carbocycles. The Kier molecular flexibility index (Phi) is 12.5. The van der Waals surface area contributed by atoms with Gasteiger partial charge in [-0.05, 0) is 12.8 Å². The van der Waals surface area contributed by atoms with Crippen molar-refractivity contribution >= 4 is 0 Å². The molecule has 7 heavy (non-hydrogen) atoms. The van der Waals surface area contributed by atoms with Gasteiger partial charge in [-0.3, -0.25) is 0 Å². The summed E-state index contributed by atoms with van der Waals surface area (Å²) in [5.74, 6) is 0. The molecule has 0 unspecified atom stereocenters. The van der Waals surface area contributed by atoms with E-state index in [1.54, 1.807) is 0 Å². The fourth-order valence-electron chi connectivity index (χ4n) is 0.236. The first-order chi connectivity index (χ1) is 2.91. The summed E-state index contributed by atoms with van der Waals surface area (Å²) in [7, 11) is 0. The second kappa shape index (κ2) is 9.06. The second-order valence-corrected chi connectivity index (χ2v) is 1.15. The van der Waals surface area contributed by atoms with Crippen molar-refractivity contribution in [1.29, 1.82) is 0 Å². The third-order valence-electron chi connectivity index (χ3n) is 0.575. The Balaban J connectivity index is 0. The Bertz CT molecular complexity index is 40.1. The summed E-state index contributed by atoms with van der Waals surface area (Å²) in [6.07, 6.45) is 5.90. The van der Waals surface area contributed by atoms with Gasteiger partial charge in [0, 0.05) is 0 Å². The topological polar surface area (TPSA) is 31.5 Å². The Morgan fingerprint density at radius 2 is 1.29 bits per heavy atom. The summed E-state index contributed by atoms with van der Waals surface area (Å²) < 4.78 is 0. The minimum absolute atomic E-state index is 0. The zero-order valence-electron chi connectivity index (χ0n) is 4.48. The summed E-state index contributed by atoms with van der Waals surface area (Å²) in [6.45, 7) is 7.10. The van der Waals surface area contributed by atoms with Crippen molar-refractivity contribution in [3.63, 3.8) is 0 Å². The van der Waals surface area contributed by atoms with Crippen LogP contribution in [0.2, 0.25) is 0 Å². The molecule has 42 valence electrons. The summed E-state index contributed by atoms with van der Waals surface area (Å²) in [5.41, 5.74) is 0. The van der Waals surface area contributed by atoms with Crippen LogP contribution in [0.5, 0.6) is 0 Å². The van der Waals surface area contributed by atoms with Crippen LogP contribution in [-0.4, -0.2) is 5.48 Å². The third kappa shape index (κ3) is 10.8. The van der Waals surface area contributed by atoms with E-state index in [1.165, 1.54) is 0 Å². The standard InChI is InChI=1S/C6H10.H2O/c1-3-5-6-4-2;/h3-4H,1-2,5-6H2;1H2. The number of rotatable bonds is 3. The molecule has 0 amide bonds. The summed E-state index contributed by atoms with van der Waals surface area (Å²) >= 11 is 0. The van der Waals surface area contributed by atoms with E-state index < -0.39 is 0 Å². The molecule has 0 bridgehead atoms. The molecule has 0 aliphatic rings.